The van der Waals surface area contributed by atoms with Crippen LogP contribution in [0.4, 0.5) is 26.3 Å². The van der Waals surface area contributed by atoms with E-state index in [1.54, 1.807) is 6.92 Å². The van der Waals surface area contributed by atoms with Gasteiger partial charge in [0.2, 0.25) is 0 Å². The van der Waals surface area contributed by atoms with Crippen molar-refractivity contribution in [2.45, 2.75) is 19.8 Å². The minimum atomic E-state index is -1.55. The van der Waals surface area contributed by atoms with Gasteiger partial charge in [-0.05, 0) is 41.3 Å². The van der Waals surface area contributed by atoms with E-state index >= 15 is 0 Å². The van der Waals surface area contributed by atoms with E-state index in [0.717, 1.165) is 18.2 Å². The van der Waals surface area contributed by atoms with E-state index in [4.69, 9.17) is 0 Å². The van der Waals surface area contributed by atoms with Gasteiger partial charge in [0.05, 0.1) is 0 Å². The van der Waals surface area contributed by atoms with Crippen LogP contribution in [0.1, 0.15) is 25.3 Å². The van der Waals surface area contributed by atoms with Gasteiger partial charge < -0.3 is 0 Å². The Bertz CT molecular complexity index is 1040. The minimum Gasteiger partial charge on any atom is -0.209 e. The van der Waals surface area contributed by atoms with Crippen molar-refractivity contribution in [2.24, 2.45) is 0 Å². The monoisotopic (exact) mass is 406 g/mol. The van der Waals surface area contributed by atoms with Crippen molar-refractivity contribution in [1.29, 1.82) is 0 Å². The van der Waals surface area contributed by atoms with Crippen molar-refractivity contribution < 1.29 is 26.3 Å². The molecule has 6 heteroatoms. The second-order valence-electron chi connectivity index (χ2n) is 6.49. The molecule has 0 aliphatic carbocycles. The summed E-state index contributed by atoms with van der Waals surface area (Å²) in [4.78, 5) is 0. The standard InChI is InChI=1S/C23H16F6/c1-2-3-18(24)22(28)15-8-9-17(19(25)10-15)14-6-4-13(5-7-14)16-11-20(26)23(29)21(27)12-16/h4-12H,2-3H2,1H3. The Morgan fingerprint density at radius 1 is 0.690 bits per heavy atom. The van der Waals surface area contributed by atoms with Crippen LogP contribution in [-0.4, -0.2) is 0 Å². The summed E-state index contributed by atoms with van der Waals surface area (Å²) in [6.07, 6.45) is 0.356. The van der Waals surface area contributed by atoms with Crippen LogP contribution in [-0.2, 0) is 0 Å². The molecule has 29 heavy (non-hydrogen) atoms. The fourth-order valence-corrected chi connectivity index (χ4v) is 2.94. The molecule has 0 atom stereocenters. The van der Waals surface area contributed by atoms with Gasteiger partial charge in [-0.3, -0.25) is 0 Å². The van der Waals surface area contributed by atoms with Crippen LogP contribution in [0.2, 0.25) is 0 Å². The Kier molecular flexibility index (Phi) is 6.11. The summed E-state index contributed by atoms with van der Waals surface area (Å²) in [6.45, 7) is 1.70. The molecule has 0 nitrogen and oxygen atoms in total. The third-order valence-corrected chi connectivity index (χ3v) is 4.44. The Morgan fingerprint density at radius 2 is 1.28 bits per heavy atom. The molecule has 150 valence electrons. The zero-order valence-electron chi connectivity index (χ0n) is 15.4. The van der Waals surface area contributed by atoms with Crippen molar-refractivity contribution in [3.63, 3.8) is 0 Å². The lowest BCUT2D eigenvalue weighted by Crippen LogP contribution is -1.92. The summed E-state index contributed by atoms with van der Waals surface area (Å²) in [5.74, 6) is -6.93. The zero-order chi connectivity index (χ0) is 21.1. The van der Waals surface area contributed by atoms with Gasteiger partial charge in [0, 0.05) is 17.5 Å². The molecule has 0 saturated carbocycles. The first-order valence-corrected chi connectivity index (χ1v) is 8.91. The first-order valence-electron chi connectivity index (χ1n) is 8.91. The van der Waals surface area contributed by atoms with E-state index in [2.05, 4.69) is 0 Å². The van der Waals surface area contributed by atoms with Crippen LogP contribution in [0.3, 0.4) is 0 Å². The van der Waals surface area contributed by atoms with Gasteiger partial charge >= 0.3 is 0 Å². The number of rotatable bonds is 5. The van der Waals surface area contributed by atoms with Crippen molar-refractivity contribution in [1.82, 2.24) is 0 Å². The smallest absolute Gasteiger partial charge is 0.194 e. The van der Waals surface area contributed by atoms with Gasteiger partial charge in [0.25, 0.3) is 0 Å². The molecule has 0 spiro atoms. The molecule has 3 aromatic carbocycles. The molecule has 0 saturated heterocycles. The second kappa shape index (κ2) is 8.55. The lowest BCUT2D eigenvalue weighted by atomic mass is 9.98. The summed E-state index contributed by atoms with van der Waals surface area (Å²) in [5.41, 5.74) is 0.924. The van der Waals surface area contributed by atoms with Crippen LogP contribution in [0.25, 0.3) is 28.1 Å². The van der Waals surface area contributed by atoms with Crippen LogP contribution in [0, 0.1) is 23.3 Å². The number of halogens is 6. The molecular weight excluding hydrogens is 390 g/mol. The molecule has 3 rings (SSSR count). The maximum Gasteiger partial charge on any atom is 0.194 e. The summed E-state index contributed by atoms with van der Waals surface area (Å²) >= 11 is 0. The third-order valence-electron chi connectivity index (χ3n) is 4.44. The molecule has 0 radical (unpaired) electrons. The summed E-state index contributed by atoms with van der Waals surface area (Å²) in [5, 5.41) is 0. The van der Waals surface area contributed by atoms with Gasteiger partial charge in [0.1, 0.15) is 11.6 Å². The fraction of sp³-hybridized carbons (Fsp3) is 0.130. The highest BCUT2D eigenvalue weighted by Crippen LogP contribution is 2.31. The van der Waals surface area contributed by atoms with E-state index in [1.165, 1.54) is 36.4 Å². The van der Waals surface area contributed by atoms with Gasteiger partial charge in [0.15, 0.2) is 23.3 Å². The number of hydrogen-bond acceptors (Lipinski definition) is 0. The number of hydrogen-bond donors (Lipinski definition) is 0. The maximum absolute atomic E-state index is 14.5. The number of benzene rings is 3. The Morgan fingerprint density at radius 3 is 1.83 bits per heavy atom. The maximum atomic E-state index is 14.5. The van der Waals surface area contributed by atoms with Crippen molar-refractivity contribution in [3.8, 4) is 22.3 Å². The Balaban J connectivity index is 1.92. The molecule has 0 heterocycles. The second-order valence-corrected chi connectivity index (χ2v) is 6.49. The summed E-state index contributed by atoms with van der Waals surface area (Å²) in [6, 6.07) is 11.3. The van der Waals surface area contributed by atoms with Crippen LogP contribution in [0.15, 0.2) is 60.4 Å². The Hall–Kier alpha value is -3.02. The predicted octanol–water partition coefficient (Wildman–Crippen LogP) is 7.98. The van der Waals surface area contributed by atoms with Crippen LogP contribution < -0.4 is 0 Å². The van der Waals surface area contributed by atoms with Crippen molar-refractivity contribution >= 4 is 5.83 Å². The highest BCUT2D eigenvalue weighted by Gasteiger charge is 2.14. The molecule has 0 amide bonds. The normalized spacial score (nSPS) is 12.1. The quantitative estimate of drug-likeness (QED) is 0.298. The fourth-order valence-electron chi connectivity index (χ4n) is 2.94. The minimum absolute atomic E-state index is 0.0682. The molecule has 0 bridgehead atoms. The lowest BCUT2D eigenvalue weighted by molar-refractivity contribution is 0.448. The molecule has 0 unspecified atom stereocenters. The summed E-state index contributed by atoms with van der Waals surface area (Å²) < 4.78 is 82.0. The molecule has 0 aromatic heterocycles. The van der Waals surface area contributed by atoms with Gasteiger partial charge in [-0.25, -0.2) is 26.3 Å². The van der Waals surface area contributed by atoms with Gasteiger partial charge in [-0.2, -0.15) is 0 Å². The number of allylic oxidation sites excluding steroid dienone is 1. The molecule has 0 aliphatic heterocycles. The molecule has 0 fully saturated rings. The average Bonchev–Trinajstić information content (AvgIpc) is 2.71. The third kappa shape index (κ3) is 4.36. The zero-order valence-corrected chi connectivity index (χ0v) is 15.4. The van der Waals surface area contributed by atoms with E-state index in [0.29, 0.717) is 17.5 Å². The topological polar surface area (TPSA) is 0 Å². The highest BCUT2D eigenvalue weighted by molar-refractivity contribution is 5.72. The highest BCUT2D eigenvalue weighted by atomic mass is 19.2. The van der Waals surface area contributed by atoms with Crippen LogP contribution >= 0.6 is 0 Å². The molecular formula is C23H16F6. The molecule has 0 aliphatic rings. The van der Waals surface area contributed by atoms with E-state index in [1.807, 2.05) is 0 Å². The first kappa shape index (κ1) is 20.7. The summed E-state index contributed by atoms with van der Waals surface area (Å²) in [7, 11) is 0. The predicted molar refractivity (Wildman–Crippen MR) is 101 cm³/mol. The van der Waals surface area contributed by atoms with E-state index < -0.39 is 34.9 Å². The average molecular weight is 406 g/mol. The molecule has 0 N–H and O–H groups in total. The van der Waals surface area contributed by atoms with Gasteiger partial charge in [-0.1, -0.05) is 43.3 Å². The lowest BCUT2D eigenvalue weighted by Gasteiger charge is -2.08. The first-order chi connectivity index (χ1) is 13.8. The van der Waals surface area contributed by atoms with Crippen LogP contribution in [0.5, 0.6) is 0 Å². The van der Waals surface area contributed by atoms with E-state index in [9.17, 15) is 26.3 Å². The van der Waals surface area contributed by atoms with Gasteiger partial charge in [-0.15, -0.1) is 0 Å². The van der Waals surface area contributed by atoms with Crippen molar-refractivity contribution in [3.05, 3.63) is 89.3 Å². The SMILES string of the molecule is CCCC(F)=C(F)c1ccc(-c2ccc(-c3cc(F)c(F)c(F)c3)cc2)c(F)c1. The van der Waals surface area contributed by atoms with Crippen molar-refractivity contribution in [2.75, 3.05) is 0 Å². The Labute approximate surface area is 164 Å². The molecule has 3 aromatic rings. The van der Waals surface area contributed by atoms with E-state index in [-0.39, 0.29) is 23.1 Å². The largest absolute Gasteiger partial charge is 0.209 e.